The summed E-state index contributed by atoms with van der Waals surface area (Å²) in [6, 6.07) is 0. The van der Waals surface area contributed by atoms with Crippen molar-refractivity contribution in [2.75, 3.05) is 19.8 Å². The number of fused-ring (bicyclic) bond motifs is 1. The highest BCUT2D eigenvalue weighted by atomic mass is 16.6. The van der Waals surface area contributed by atoms with Gasteiger partial charge in [0.25, 0.3) is 0 Å². The first kappa shape index (κ1) is 5.23. The van der Waals surface area contributed by atoms with Gasteiger partial charge in [-0.25, -0.2) is 0 Å². The van der Waals surface area contributed by atoms with E-state index in [1.807, 2.05) is 0 Å². The van der Waals surface area contributed by atoms with Gasteiger partial charge in [0.2, 0.25) is 0 Å². The molecule has 0 amide bonds. The van der Waals surface area contributed by atoms with Crippen LogP contribution in [0, 0.1) is 5.92 Å². The van der Waals surface area contributed by atoms with Gasteiger partial charge in [-0.15, -0.1) is 0 Å². The maximum Gasteiger partial charge on any atom is 0.127 e. The monoisotopic (exact) mass is 127 g/mol. The van der Waals surface area contributed by atoms with E-state index in [0.29, 0.717) is 5.92 Å². The number of nitrogens with zero attached hydrogens (tertiary/aromatic N) is 1. The van der Waals surface area contributed by atoms with E-state index < -0.39 is 0 Å². The van der Waals surface area contributed by atoms with Crippen LogP contribution < -0.4 is 0 Å². The van der Waals surface area contributed by atoms with Crippen molar-refractivity contribution in [3.8, 4) is 0 Å². The molecule has 2 rings (SSSR count). The molecule has 3 nitrogen and oxygen atoms in total. The Hall–Kier alpha value is -0.570. The van der Waals surface area contributed by atoms with E-state index >= 15 is 0 Å². The third-order valence-electron chi connectivity index (χ3n) is 1.75. The summed E-state index contributed by atoms with van der Waals surface area (Å²) in [5.74, 6) is 0.471. The van der Waals surface area contributed by atoms with Crippen LogP contribution in [0.5, 0.6) is 0 Å². The Morgan fingerprint density at radius 2 is 2.44 bits per heavy atom. The summed E-state index contributed by atoms with van der Waals surface area (Å²) in [5.41, 5.74) is 1.20. The summed E-state index contributed by atoms with van der Waals surface area (Å²) in [4.78, 5) is 4.90. The predicted octanol–water partition coefficient (Wildman–Crippen LogP) is 0.409. The third-order valence-corrected chi connectivity index (χ3v) is 1.75. The fourth-order valence-electron chi connectivity index (χ4n) is 1.18. The average molecular weight is 127 g/mol. The molecule has 2 heterocycles. The number of ether oxygens (including phenoxy) is 1. The molecule has 0 aliphatic carbocycles. The van der Waals surface area contributed by atoms with Crippen molar-refractivity contribution in [2.24, 2.45) is 11.1 Å². The normalized spacial score (nSPS) is 32.9. The van der Waals surface area contributed by atoms with E-state index in [0.717, 1.165) is 26.2 Å². The van der Waals surface area contributed by atoms with Crippen LogP contribution in [0.25, 0.3) is 0 Å². The van der Waals surface area contributed by atoms with Crippen LogP contribution in [0.4, 0.5) is 0 Å². The second kappa shape index (κ2) is 1.99. The van der Waals surface area contributed by atoms with Gasteiger partial charge < -0.3 is 9.57 Å². The first-order valence-corrected chi connectivity index (χ1v) is 3.23. The molecule has 1 saturated heterocycles. The minimum Gasteiger partial charge on any atom is -0.395 e. The second-order valence-corrected chi connectivity index (χ2v) is 2.40. The lowest BCUT2D eigenvalue weighted by Crippen LogP contribution is -2.26. The van der Waals surface area contributed by atoms with E-state index in [2.05, 4.69) is 5.16 Å². The fourth-order valence-corrected chi connectivity index (χ4v) is 1.18. The molecule has 0 N–H and O–H groups in total. The van der Waals surface area contributed by atoms with Crippen molar-refractivity contribution in [2.45, 2.75) is 6.42 Å². The predicted molar refractivity (Wildman–Crippen MR) is 32.3 cm³/mol. The minimum atomic E-state index is 0.471. The lowest BCUT2D eigenvalue weighted by atomic mass is 10.0. The SMILES string of the molecule is C1CC2=NOC[C@@H]2CO1. The van der Waals surface area contributed by atoms with Crippen LogP contribution in [-0.2, 0) is 9.57 Å². The van der Waals surface area contributed by atoms with E-state index in [-0.39, 0.29) is 0 Å². The average Bonchev–Trinajstić information content (AvgIpc) is 2.33. The first-order valence-electron chi connectivity index (χ1n) is 3.23. The highest BCUT2D eigenvalue weighted by Crippen LogP contribution is 2.17. The smallest absolute Gasteiger partial charge is 0.127 e. The van der Waals surface area contributed by atoms with Gasteiger partial charge in [0.15, 0.2) is 0 Å². The number of oxime groups is 1. The number of rotatable bonds is 0. The van der Waals surface area contributed by atoms with Gasteiger partial charge in [0, 0.05) is 6.42 Å². The maximum atomic E-state index is 5.22. The largest absolute Gasteiger partial charge is 0.395 e. The van der Waals surface area contributed by atoms with Crippen molar-refractivity contribution in [1.82, 2.24) is 0 Å². The van der Waals surface area contributed by atoms with Crippen LogP contribution in [0.15, 0.2) is 5.16 Å². The van der Waals surface area contributed by atoms with Crippen molar-refractivity contribution in [3.63, 3.8) is 0 Å². The molecular formula is C6H9NO2. The van der Waals surface area contributed by atoms with Gasteiger partial charge in [-0.3, -0.25) is 0 Å². The van der Waals surface area contributed by atoms with Crippen molar-refractivity contribution < 1.29 is 9.57 Å². The first-order chi connectivity index (χ1) is 4.47. The minimum absolute atomic E-state index is 0.471. The quantitative estimate of drug-likeness (QED) is 0.472. The Labute approximate surface area is 53.6 Å². The molecule has 0 unspecified atom stereocenters. The Morgan fingerprint density at radius 1 is 1.44 bits per heavy atom. The summed E-state index contributed by atoms with van der Waals surface area (Å²) in [5, 5.41) is 3.89. The van der Waals surface area contributed by atoms with Gasteiger partial charge in [-0.2, -0.15) is 0 Å². The maximum absolute atomic E-state index is 5.22. The lowest BCUT2D eigenvalue weighted by Gasteiger charge is -2.15. The van der Waals surface area contributed by atoms with Gasteiger partial charge >= 0.3 is 0 Å². The molecule has 1 atom stereocenters. The zero-order chi connectivity index (χ0) is 6.10. The Kier molecular flexibility index (Phi) is 1.16. The molecule has 9 heavy (non-hydrogen) atoms. The van der Waals surface area contributed by atoms with Gasteiger partial charge in [0.1, 0.15) is 6.61 Å². The van der Waals surface area contributed by atoms with E-state index in [1.165, 1.54) is 5.71 Å². The third kappa shape index (κ3) is 0.812. The van der Waals surface area contributed by atoms with E-state index in [1.54, 1.807) is 0 Å². The van der Waals surface area contributed by atoms with Crippen molar-refractivity contribution >= 4 is 5.71 Å². The molecule has 0 bridgehead atoms. The summed E-state index contributed by atoms with van der Waals surface area (Å²) in [7, 11) is 0. The standard InChI is InChI=1S/C6H9NO2/c1-2-8-3-5-4-9-7-6(1)5/h5H,1-4H2/t5-/m0/s1. The molecule has 0 aromatic heterocycles. The van der Waals surface area contributed by atoms with Gasteiger partial charge in [-0.1, -0.05) is 5.16 Å². The van der Waals surface area contributed by atoms with Crippen LogP contribution in [-0.4, -0.2) is 25.5 Å². The molecule has 0 aromatic carbocycles. The fraction of sp³-hybridized carbons (Fsp3) is 0.833. The molecule has 0 aromatic rings. The molecule has 2 aliphatic heterocycles. The van der Waals surface area contributed by atoms with E-state index in [4.69, 9.17) is 9.57 Å². The topological polar surface area (TPSA) is 30.8 Å². The zero-order valence-corrected chi connectivity index (χ0v) is 5.17. The molecule has 0 saturated carbocycles. The van der Waals surface area contributed by atoms with Gasteiger partial charge in [-0.05, 0) is 0 Å². The molecule has 1 fully saturated rings. The van der Waals surface area contributed by atoms with Crippen molar-refractivity contribution in [3.05, 3.63) is 0 Å². The Balaban J connectivity index is 2.09. The molecule has 50 valence electrons. The molecular weight excluding hydrogens is 118 g/mol. The van der Waals surface area contributed by atoms with Crippen LogP contribution in [0.3, 0.4) is 0 Å². The Bertz CT molecular complexity index is 144. The highest BCUT2D eigenvalue weighted by molar-refractivity contribution is 5.88. The van der Waals surface area contributed by atoms with Crippen LogP contribution in [0.2, 0.25) is 0 Å². The summed E-state index contributed by atoms with van der Waals surface area (Å²) < 4.78 is 5.22. The summed E-state index contributed by atoms with van der Waals surface area (Å²) >= 11 is 0. The zero-order valence-electron chi connectivity index (χ0n) is 5.17. The molecule has 3 heteroatoms. The summed E-state index contributed by atoms with van der Waals surface area (Å²) in [6.07, 6.45) is 0.963. The van der Waals surface area contributed by atoms with Crippen molar-refractivity contribution in [1.29, 1.82) is 0 Å². The van der Waals surface area contributed by atoms with E-state index in [9.17, 15) is 0 Å². The van der Waals surface area contributed by atoms with Crippen LogP contribution >= 0.6 is 0 Å². The molecule has 2 aliphatic rings. The van der Waals surface area contributed by atoms with Crippen LogP contribution in [0.1, 0.15) is 6.42 Å². The highest BCUT2D eigenvalue weighted by Gasteiger charge is 2.26. The van der Waals surface area contributed by atoms with Gasteiger partial charge in [0.05, 0.1) is 24.8 Å². The Morgan fingerprint density at radius 3 is 3.33 bits per heavy atom. The number of hydrogen-bond acceptors (Lipinski definition) is 3. The molecule has 0 spiro atoms. The number of hydrogen-bond donors (Lipinski definition) is 0. The molecule has 0 radical (unpaired) electrons. The summed E-state index contributed by atoms with van der Waals surface area (Å²) in [6.45, 7) is 2.35. The second-order valence-electron chi connectivity index (χ2n) is 2.40. The lowest BCUT2D eigenvalue weighted by molar-refractivity contribution is 0.0805.